The Kier molecular flexibility index (Phi) is 4.52. The van der Waals surface area contributed by atoms with Gasteiger partial charge in [0, 0.05) is 13.1 Å². The van der Waals surface area contributed by atoms with Crippen LogP contribution in [-0.4, -0.2) is 30.2 Å². The van der Waals surface area contributed by atoms with Gasteiger partial charge in [0.2, 0.25) is 0 Å². The van der Waals surface area contributed by atoms with Crippen LogP contribution in [0.4, 0.5) is 4.79 Å². The highest BCUT2D eigenvalue weighted by atomic mass is 16.6. The van der Waals surface area contributed by atoms with Crippen LogP contribution in [-0.2, 0) is 4.74 Å². The smallest absolute Gasteiger partial charge is 0.410 e. The molecule has 2 aliphatic rings. The first kappa shape index (κ1) is 13.7. The minimum atomic E-state index is -0.0720. The monoisotopic (exact) mass is 253 g/mol. The van der Waals surface area contributed by atoms with Crippen molar-refractivity contribution >= 4 is 6.09 Å². The molecule has 1 saturated heterocycles. The number of amides is 1. The molecule has 18 heavy (non-hydrogen) atoms. The number of ether oxygens (including phenoxy) is 1. The van der Waals surface area contributed by atoms with Crippen molar-refractivity contribution < 1.29 is 9.53 Å². The number of hydrogen-bond donors (Lipinski definition) is 0. The van der Waals surface area contributed by atoms with Gasteiger partial charge >= 0.3 is 6.09 Å². The van der Waals surface area contributed by atoms with Crippen LogP contribution in [0.25, 0.3) is 0 Å². The first-order valence-electron chi connectivity index (χ1n) is 7.53. The van der Waals surface area contributed by atoms with Gasteiger partial charge in [-0.05, 0) is 43.4 Å². The summed E-state index contributed by atoms with van der Waals surface area (Å²) in [5.74, 6) is 1.85. The van der Waals surface area contributed by atoms with E-state index in [-0.39, 0.29) is 12.2 Å². The van der Waals surface area contributed by atoms with Crippen LogP contribution in [0.2, 0.25) is 0 Å². The van der Waals surface area contributed by atoms with Gasteiger partial charge in [0.15, 0.2) is 0 Å². The van der Waals surface area contributed by atoms with E-state index in [4.69, 9.17) is 4.74 Å². The predicted octanol–water partition coefficient (Wildman–Crippen LogP) is 3.68. The second kappa shape index (κ2) is 5.94. The van der Waals surface area contributed by atoms with Gasteiger partial charge in [0.05, 0.1) is 0 Å². The molecule has 2 unspecified atom stereocenters. The van der Waals surface area contributed by atoms with Crippen LogP contribution in [0, 0.1) is 17.8 Å². The molecular formula is C15H27NO2. The van der Waals surface area contributed by atoms with Crippen molar-refractivity contribution in [2.45, 2.75) is 59.0 Å². The summed E-state index contributed by atoms with van der Waals surface area (Å²) in [4.78, 5) is 14.0. The number of rotatable bonds is 2. The summed E-state index contributed by atoms with van der Waals surface area (Å²) in [6.45, 7) is 8.53. The molecule has 0 aromatic heterocycles. The van der Waals surface area contributed by atoms with E-state index in [1.165, 1.54) is 12.8 Å². The average Bonchev–Trinajstić information content (AvgIpc) is 2.81. The summed E-state index contributed by atoms with van der Waals surface area (Å²) in [6, 6.07) is 0. The zero-order chi connectivity index (χ0) is 13.1. The highest BCUT2D eigenvalue weighted by Crippen LogP contribution is 2.35. The minimum absolute atomic E-state index is 0.0720. The molecule has 0 N–H and O–H groups in total. The number of carbonyl (C=O) groups excluding carboxylic acids is 1. The molecule has 1 heterocycles. The van der Waals surface area contributed by atoms with Crippen molar-refractivity contribution in [1.29, 1.82) is 0 Å². The van der Waals surface area contributed by atoms with Crippen molar-refractivity contribution in [2.24, 2.45) is 17.8 Å². The van der Waals surface area contributed by atoms with E-state index in [0.717, 1.165) is 32.4 Å². The first-order valence-corrected chi connectivity index (χ1v) is 7.53. The van der Waals surface area contributed by atoms with Crippen LogP contribution >= 0.6 is 0 Å². The summed E-state index contributed by atoms with van der Waals surface area (Å²) in [6.07, 6.45) is 5.85. The van der Waals surface area contributed by atoms with Crippen molar-refractivity contribution in [3.05, 3.63) is 0 Å². The Morgan fingerprint density at radius 3 is 2.50 bits per heavy atom. The van der Waals surface area contributed by atoms with Crippen LogP contribution in [0.5, 0.6) is 0 Å². The van der Waals surface area contributed by atoms with Crippen LogP contribution < -0.4 is 0 Å². The van der Waals surface area contributed by atoms with Gasteiger partial charge in [-0.3, -0.25) is 0 Å². The number of carbonyl (C=O) groups is 1. The lowest BCUT2D eigenvalue weighted by Crippen LogP contribution is -2.39. The summed E-state index contributed by atoms with van der Waals surface area (Å²) in [5.41, 5.74) is 0. The summed E-state index contributed by atoms with van der Waals surface area (Å²) >= 11 is 0. The lowest BCUT2D eigenvalue weighted by atomic mass is 9.75. The number of likely N-dealkylation sites (tertiary alicyclic amines) is 1. The Morgan fingerprint density at radius 1 is 1.22 bits per heavy atom. The van der Waals surface area contributed by atoms with E-state index in [0.29, 0.717) is 17.8 Å². The third kappa shape index (κ3) is 3.18. The lowest BCUT2D eigenvalue weighted by Gasteiger charge is -2.37. The fraction of sp³-hybridized carbons (Fsp3) is 0.933. The Morgan fingerprint density at radius 2 is 1.89 bits per heavy atom. The molecule has 0 aromatic carbocycles. The van der Waals surface area contributed by atoms with E-state index in [1.54, 1.807) is 0 Å². The molecule has 0 aromatic rings. The Balaban J connectivity index is 1.93. The molecular weight excluding hydrogens is 226 g/mol. The van der Waals surface area contributed by atoms with Gasteiger partial charge in [-0.15, -0.1) is 0 Å². The topological polar surface area (TPSA) is 29.5 Å². The van der Waals surface area contributed by atoms with E-state index in [2.05, 4.69) is 20.8 Å². The minimum Gasteiger partial charge on any atom is -0.446 e. The van der Waals surface area contributed by atoms with E-state index in [9.17, 15) is 4.79 Å². The third-order valence-electron chi connectivity index (χ3n) is 4.58. The predicted molar refractivity (Wildman–Crippen MR) is 72.4 cm³/mol. The normalized spacial score (nSPS) is 32.9. The zero-order valence-electron chi connectivity index (χ0n) is 12.0. The van der Waals surface area contributed by atoms with E-state index in [1.807, 2.05) is 4.90 Å². The fourth-order valence-corrected chi connectivity index (χ4v) is 3.35. The van der Waals surface area contributed by atoms with Gasteiger partial charge in [0.25, 0.3) is 0 Å². The molecule has 3 atom stereocenters. The zero-order valence-corrected chi connectivity index (χ0v) is 12.0. The Hall–Kier alpha value is -0.730. The van der Waals surface area contributed by atoms with Crippen molar-refractivity contribution in [2.75, 3.05) is 13.1 Å². The summed E-state index contributed by atoms with van der Waals surface area (Å²) < 4.78 is 5.81. The molecule has 1 amide bonds. The molecule has 2 fully saturated rings. The maximum Gasteiger partial charge on any atom is 0.410 e. The van der Waals surface area contributed by atoms with Gasteiger partial charge in [-0.25, -0.2) is 4.79 Å². The Bertz CT molecular complexity index is 284. The summed E-state index contributed by atoms with van der Waals surface area (Å²) in [7, 11) is 0. The molecule has 3 nitrogen and oxygen atoms in total. The molecule has 1 saturated carbocycles. The number of hydrogen-bond acceptors (Lipinski definition) is 2. The highest BCUT2D eigenvalue weighted by Gasteiger charge is 2.34. The quantitative estimate of drug-likeness (QED) is 0.751. The van der Waals surface area contributed by atoms with Gasteiger partial charge in [-0.2, -0.15) is 0 Å². The molecule has 0 spiro atoms. The maximum absolute atomic E-state index is 12.1. The average molecular weight is 253 g/mol. The lowest BCUT2D eigenvalue weighted by molar-refractivity contribution is -0.00764. The van der Waals surface area contributed by atoms with Crippen LogP contribution in [0.3, 0.4) is 0 Å². The third-order valence-corrected chi connectivity index (χ3v) is 4.58. The fourth-order valence-electron chi connectivity index (χ4n) is 3.35. The molecule has 0 bridgehead atoms. The van der Waals surface area contributed by atoms with Crippen molar-refractivity contribution in [3.63, 3.8) is 0 Å². The molecule has 0 radical (unpaired) electrons. The summed E-state index contributed by atoms with van der Waals surface area (Å²) in [5, 5.41) is 0. The molecule has 2 rings (SSSR count). The van der Waals surface area contributed by atoms with Crippen LogP contribution in [0.15, 0.2) is 0 Å². The molecule has 3 heteroatoms. The van der Waals surface area contributed by atoms with Gasteiger partial charge < -0.3 is 9.64 Å². The largest absolute Gasteiger partial charge is 0.446 e. The number of nitrogens with zero attached hydrogens (tertiary/aromatic N) is 1. The van der Waals surface area contributed by atoms with Gasteiger partial charge in [0.1, 0.15) is 6.10 Å². The van der Waals surface area contributed by atoms with E-state index >= 15 is 0 Å². The van der Waals surface area contributed by atoms with Crippen LogP contribution in [0.1, 0.15) is 52.9 Å². The Labute approximate surface area is 111 Å². The second-order valence-corrected chi connectivity index (χ2v) is 6.44. The molecule has 1 aliphatic carbocycles. The molecule has 104 valence electrons. The van der Waals surface area contributed by atoms with Crippen molar-refractivity contribution in [3.8, 4) is 0 Å². The maximum atomic E-state index is 12.1. The van der Waals surface area contributed by atoms with Crippen molar-refractivity contribution in [1.82, 2.24) is 4.90 Å². The first-order chi connectivity index (χ1) is 8.58. The molecule has 1 aliphatic heterocycles. The van der Waals surface area contributed by atoms with Gasteiger partial charge in [-0.1, -0.05) is 27.2 Å². The SMILES string of the molecule is CC1CC[C@@H](C(C)C)C(OC(=O)N2CCCC2)C1. The standard InChI is InChI=1S/C15H27NO2/c1-11(2)13-7-6-12(3)10-14(13)18-15(17)16-8-4-5-9-16/h11-14H,4-10H2,1-3H3/t12?,13-,14?/m0/s1. The highest BCUT2D eigenvalue weighted by molar-refractivity contribution is 5.68. The van der Waals surface area contributed by atoms with E-state index < -0.39 is 0 Å². The second-order valence-electron chi connectivity index (χ2n) is 6.44.